The highest BCUT2D eigenvalue weighted by Crippen LogP contribution is 2.59. The third kappa shape index (κ3) is 6.46. The van der Waals surface area contributed by atoms with E-state index in [-0.39, 0.29) is 41.7 Å². The molecule has 2 fully saturated rings. The smallest absolute Gasteiger partial charge is 0.335 e. The molecule has 1 N–H and O–H groups in total. The van der Waals surface area contributed by atoms with E-state index in [9.17, 15) is 14.7 Å². The first kappa shape index (κ1) is 36.3. The quantitative estimate of drug-likeness (QED) is 0.179. The van der Waals surface area contributed by atoms with Crippen LogP contribution in [0.2, 0.25) is 0 Å². The first-order chi connectivity index (χ1) is 23.0. The van der Waals surface area contributed by atoms with Gasteiger partial charge in [-0.25, -0.2) is 4.79 Å². The van der Waals surface area contributed by atoms with E-state index in [1.807, 2.05) is 20.8 Å². The van der Waals surface area contributed by atoms with E-state index in [1.54, 1.807) is 4.90 Å². The van der Waals surface area contributed by atoms with Crippen LogP contribution in [0.15, 0.2) is 57.2 Å². The molecule has 0 saturated carbocycles. The van der Waals surface area contributed by atoms with Gasteiger partial charge >= 0.3 is 5.97 Å². The van der Waals surface area contributed by atoms with Crippen molar-refractivity contribution in [3.05, 3.63) is 57.2 Å². The van der Waals surface area contributed by atoms with Gasteiger partial charge in [-0.1, -0.05) is 35.8 Å². The lowest BCUT2D eigenvalue weighted by atomic mass is 9.60. The van der Waals surface area contributed by atoms with E-state index in [2.05, 4.69) is 59.8 Å². The second kappa shape index (κ2) is 12.9. The Labute approximate surface area is 294 Å². The summed E-state index contributed by atoms with van der Waals surface area (Å²) >= 11 is 0. The summed E-state index contributed by atoms with van der Waals surface area (Å²) in [6.45, 7) is 19.3. The van der Waals surface area contributed by atoms with Gasteiger partial charge in [-0.15, -0.1) is 0 Å². The number of esters is 1. The van der Waals surface area contributed by atoms with Crippen molar-refractivity contribution < 1.29 is 28.9 Å². The van der Waals surface area contributed by atoms with Crippen molar-refractivity contribution in [2.75, 3.05) is 6.54 Å². The predicted octanol–water partition coefficient (Wildman–Crippen LogP) is 8.72. The summed E-state index contributed by atoms with van der Waals surface area (Å²) in [6.07, 6.45) is 17.4. The molecule has 4 heterocycles. The minimum atomic E-state index is -1.51. The van der Waals surface area contributed by atoms with Crippen LogP contribution in [0.5, 0.6) is 0 Å². The first-order valence-electron chi connectivity index (χ1n) is 19.0. The summed E-state index contributed by atoms with van der Waals surface area (Å²) in [5.41, 5.74) is 3.21. The molecule has 49 heavy (non-hydrogen) atoms. The highest BCUT2D eigenvalue weighted by Gasteiger charge is 2.63. The van der Waals surface area contributed by atoms with Crippen molar-refractivity contribution >= 4 is 11.9 Å². The molecule has 7 atom stereocenters. The molecule has 0 aromatic carbocycles. The summed E-state index contributed by atoms with van der Waals surface area (Å²) in [6, 6.07) is 0. The van der Waals surface area contributed by atoms with Crippen molar-refractivity contribution in [3.8, 4) is 0 Å². The molecule has 270 valence electrons. The van der Waals surface area contributed by atoms with Gasteiger partial charge in [0.25, 0.3) is 5.91 Å². The van der Waals surface area contributed by atoms with Crippen molar-refractivity contribution in [1.82, 2.24) is 4.90 Å². The number of amides is 1. The molecule has 0 radical (unpaired) electrons. The van der Waals surface area contributed by atoms with Crippen LogP contribution in [-0.4, -0.2) is 63.2 Å². The number of ether oxygens (including phenoxy) is 3. The molecule has 0 spiro atoms. The van der Waals surface area contributed by atoms with Gasteiger partial charge in [0.05, 0.1) is 23.4 Å². The lowest BCUT2D eigenvalue weighted by Crippen LogP contribution is -2.57. The molecule has 0 bridgehead atoms. The maximum atomic E-state index is 13.9. The molecule has 6 rings (SSSR count). The second-order valence-corrected chi connectivity index (χ2v) is 17.0. The molecule has 1 amide bonds. The van der Waals surface area contributed by atoms with Gasteiger partial charge < -0.3 is 24.2 Å². The van der Waals surface area contributed by atoms with Gasteiger partial charge in [0.1, 0.15) is 0 Å². The van der Waals surface area contributed by atoms with Crippen LogP contribution >= 0.6 is 0 Å². The Hall–Kier alpha value is -2.48. The third-order valence-electron chi connectivity index (χ3n) is 13.3. The Balaban J connectivity index is 1.51. The number of epoxide rings is 2. The summed E-state index contributed by atoms with van der Waals surface area (Å²) < 4.78 is 19.4. The average Bonchev–Trinajstić information content (AvgIpc) is 3.85. The zero-order chi connectivity index (χ0) is 35.6. The topological polar surface area (TPSA) is 91.9 Å². The standard InChI is InChI=1S/C42H61NO6/c1-10-43-36(44)30(5)33-19-16-28(3)14-12-23-40(9)35(48-40)21-24-38(7,26-42(33,43)46)41-25-29(4)17-20-34-39(8,47-34)22-11-13-27(2)15-18-32(41)31(6)37(45)49-41/h13-14,25,34-35,46H,10-12,15-24,26H2,1-9H3/b27-13+,28-14+,29-25+/t34-,35-,38-,39+,40+,41-,42?/m0/s1. The molecule has 1 unspecified atom stereocenters. The number of carbonyl (C=O) groups excluding carboxylic acids is 2. The number of hydrogen-bond acceptors (Lipinski definition) is 6. The Bertz CT molecular complexity index is 1550. The molecule has 0 aromatic heterocycles. The molecule has 2 saturated heterocycles. The fourth-order valence-corrected chi connectivity index (χ4v) is 9.78. The minimum absolute atomic E-state index is 0.0790. The minimum Gasteiger partial charge on any atom is -0.446 e. The number of aliphatic hydroxyl groups is 1. The van der Waals surface area contributed by atoms with Crippen molar-refractivity contribution in [1.29, 1.82) is 0 Å². The highest BCUT2D eigenvalue weighted by molar-refractivity contribution is 5.98. The molecule has 6 aliphatic rings. The summed E-state index contributed by atoms with van der Waals surface area (Å²) in [4.78, 5) is 29.4. The Kier molecular flexibility index (Phi) is 9.59. The Morgan fingerprint density at radius 1 is 0.755 bits per heavy atom. The fraction of sp³-hybridized carbons (Fsp3) is 0.714. The van der Waals surface area contributed by atoms with Crippen LogP contribution < -0.4 is 0 Å². The average molecular weight is 676 g/mol. The van der Waals surface area contributed by atoms with Gasteiger partial charge in [-0.3, -0.25) is 4.79 Å². The van der Waals surface area contributed by atoms with Crippen molar-refractivity contribution in [2.45, 2.75) is 181 Å². The lowest BCUT2D eigenvalue weighted by molar-refractivity contribution is -0.169. The number of fused-ring (bicyclic) bond motifs is 4. The Morgan fingerprint density at radius 3 is 1.92 bits per heavy atom. The number of hydrogen-bond donors (Lipinski definition) is 1. The van der Waals surface area contributed by atoms with E-state index in [1.165, 1.54) is 11.1 Å². The van der Waals surface area contributed by atoms with Gasteiger partial charge in [0.15, 0.2) is 11.3 Å². The highest BCUT2D eigenvalue weighted by atomic mass is 16.6. The van der Waals surface area contributed by atoms with Crippen molar-refractivity contribution in [3.63, 3.8) is 0 Å². The van der Waals surface area contributed by atoms with E-state index in [0.29, 0.717) is 37.0 Å². The summed E-state index contributed by atoms with van der Waals surface area (Å²) in [5, 5.41) is 13.1. The lowest BCUT2D eigenvalue weighted by Gasteiger charge is -2.50. The zero-order valence-corrected chi connectivity index (χ0v) is 31.7. The van der Waals surface area contributed by atoms with Crippen LogP contribution in [0.25, 0.3) is 0 Å². The van der Waals surface area contributed by atoms with Gasteiger partial charge in [-0.2, -0.15) is 0 Å². The van der Waals surface area contributed by atoms with E-state index >= 15 is 0 Å². The normalized spacial score (nSPS) is 44.1. The largest absolute Gasteiger partial charge is 0.446 e. The predicted molar refractivity (Wildman–Crippen MR) is 193 cm³/mol. The third-order valence-corrected chi connectivity index (χ3v) is 13.3. The number of nitrogens with zero attached hydrogens (tertiary/aromatic N) is 1. The molecule has 7 nitrogen and oxygen atoms in total. The van der Waals surface area contributed by atoms with Crippen molar-refractivity contribution in [2.24, 2.45) is 5.41 Å². The number of allylic oxidation sites excluding steroid dienone is 5. The number of likely N-dealkylation sites (N-methyl/N-ethyl adjacent to an activating group) is 1. The summed E-state index contributed by atoms with van der Waals surface area (Å²) in [5.74, 6) is -0.393. The Morgan fingerprint density at radius 2 is 1.33 bits per heavy atom. The number of carbonyl (C=O) groups is 2. The van der Waals surface area contributed by atoms with Gasteiger partial charge in [0, 0.05) is 29.5 Å². The van der Waals surface area contributed by atoms with E-state index < -0.39 is 16.7 Å². The number of rotatable bonds is 2. The molecule has 2 aliphatic carbocycles. The van der Waals surface area contributed by atoms with E-state index in [0.717, 1.165) is 74.5 Å². The second-order valence-electron chi connectivity index (χ2n) is 17.0. The maximum absolute atomic E-state index is 13.9. The molecule has 7 heteroatoms. The van der Waals surface area contributed by atoms with Gasteiger partial charge in [-0.05, 0) is 150 Å². The SMILES string of the molecule is CCN1C(=O)C(C)=C2CC/C(C)=C/CC[C@@]3(C)O[C@H]3CC[C@](C)([C@]34/C=C(\C)CC[C@@H]5O[C@]5(C)CC/C=C(\C)CCC3=C(C)C(=O)O4)CC21O. The van der Waals surface area contributed by atoms with Gasteiger partial charge in [0.2, 0.25) is 0 Å². The monoisotopic (exact) mass is 675 g/mol. The summed E-state index contributed by atoms with van der Waals surface area (Å²) in [7, 11) is 0. The van der Waals surface area contributed by atoms with Crippen LogP contribution in [0.4, 0.5) is 0 Å². The molecule has 4 aliphatic heterocycles. The molecule has 0 aromatic rings. The van der Waals surface area contributed by atoms with Crippen LogP contribution in [0.3, 0.4) is 0 Å². The zero-order valence-electron chi connectivity index (χ0n) is 31.7. The van der Waals surface area contributed by atoms with Crippen LogP contribution in [0.1, 0.15) is 146 Å². The molecular weight excluding hydrogens is 614 g/mol. The van der Waals surface area contributed by atoms with E-state index in [4.69, 9.17) is 14.2 Å². The van der Waals surface area contributed by atoms with Crippen LogP contribution in [-0.2, 0) is 23.8 Å². The molecular formula is C42H61NO6. The maximum Gasteiger partial charge on any atom is 0.335 e. The fourth-order valence-electron chi connectivity index (χ4n) is 9.78. The van der Waals surface area contributed by atoms with Crippen LogP contribution in [0, 0.1) is 5.41 Å². The first-order valence-corrected chi connectivity index (χ1v) is 19.0.